The van der Waals surface area contributed by atoms with Crippen LogP contribution in [-0.4, -0.2) is 42.1 Å². The van der Waals surface area contributed by atoms with Crippen molar-refractivity contribution in [2.75, 3.05) is 12.4 Å². The van der Waals surface area contributed by atoms with E-state index in [1.807, 2.05) is 66.7 Å². The van der Waals surface area contributed by atoms with Crippen LogP contribution in [0.15, 0.2) is 79.1 Å². The molecule has 0 N–H and O–H groups in total. The number of carbonyl (C=O) groups excluding carboxylic acids is 1. The van der Waals surface area contributed by atoms with Crippen LogP contribution in [0.2, 0.25) is 0 Å². The largest absolute Gasteiger partial charge is 0.464 e. The molecule has 0 fully saturated rings. The molecule has 2 aromatic carbocycles. The van der Waals surface area contributed by atoms with Crippen LogP contribution >= 0.6 is 0 Å². The van der Waals surface area contributed by atoms with Crippen molar-refractivity contribution in [2.24, 2.45) is 0 Å². The summed E-state index contributed by atoms with van der Waals surface area (Å²) in [5.41, 5.74) is 3.95. The van der Waals surface area contributed by atoms with Gasteiger partial charge in [-0.3, -0.25) is 9.78 Å². The number of benzene rings is 2. The van der Waals surface area contributed by atoms with Crippen molar-refractivity contribution in [2.45, 2.75) is 38.3 Å². The third-order valence-corrected chi connectivity index (χ3v) is 7.72. The molecule has 2 heterocycles. The van der Waals surface area contributed by atoms with Crippen molar-refractivity contribution in [3.63, 3.8) is 0 Å². The monoisotopic (exact) mass is 464 g/mol. The first-order chi connectivity index (χ1) is 16.0. The lowest BCUT2D eigenvalue weighted by Gasteiger charge is -2.34. The molecule has 1 atom stereocenters. The maximum atomic E-state index is 13.3. The Bertz CT molecular complexity index is 1170. The Kier molecular flexibility index (Phi) is 7.52. The highest BCUT2D eigenvalue weighted by molar-refractivity contribution is 7.89. The molecule has 1 aliphatic heterocycles. The molecule has 172 valence electrons. The van der Waals surface area contributed by atoms with Gasteiger partial charge >= 0.3 is 5.97 Å². The summed E-state index contributed by atoms with van der Waals surface area (Å²) in [5.74, 6) is -0.539. The number of carbonyl (C=O) groups is 1. The number of hydrogen-bond donors (Lipinski definition) is 0. The highest BCUT2D eigenvalue weighted by atomic mass is 32.2. The number of pyridine rings is 1. The van der Waals surface area contributed by atoms with E-state index in [-0.39, 0.29) is 18.9 Å². The van der Waals surface area contributed by atoms with E-state index < -0.39 is 22.0 Å². The van der Waals surface area contributed by atoms with Crippen LogP contribution in [0.1, 0.15) is 28.7 Å². The second-order valence-electron chi connectivity index (χ2n) is 8.22. The molecule has 1 unspecified atom stereocenters. The number of hydrogen-bond acceptors (Lipinski definition) is 5. The van der Waals surface area contributed by atoms with Crippen LogP contribution in [0.25, 0.3) is 0 Å². The highest BCUT2D eigenvalue weighted by Gasteiger charge is 2.39. The number of esters is 1. The van der Waals surface area contributed by atoms with Gasteiger partial charge in [0.15, 0.2) is 0 Å². The first-order valence-electron chi connectivity index (χ1n) is 11.2. The lowest BCUT2D eigenvalue weighted by atomic mass is 9.96. The summed E-state index contributed by atoms with van der Waals surface area (Å²) < 4.78 is 33.5. The minimum Gasteiger partial charge on any atom is -0.464 e. The third-order valence-electron chi connectivity index (χ3n) is 5.90. The average molecular weight is 465 g/mol. The molecule has 7 heteroatoms. The minimum absolute atomic E-state index is 0.0516. The number of ether oxygens (including phenoxy) is 1. The lowest BCUT2D eigenvalue weighted by molar-refractivity contribution is -0.148. The predicted molar refractivity (Wildman–Crippen MR) is 127 cm³/mol. The Morgan fingerprint density at radius 2 is 1.67 bits per heavy atom. The predicted octanol–water partition coefficient (Wildman–Crippen LogP) is 3.56. The Morgan fingerprint density at radius 3 is 2.42 bits per heavy atom. The van der Waals surface area contributed by atoms with Gasteiger partial charge in [0.1, 0.15) is 6.04 Å². The third kappa shape index (κ3) is 6.06. The van der Waals surface area contributed by atoms with E-state index in [1.165, 1.54) is 4.31 Å². The van der Waals surface area contributed by atoms with Gasteiger partial charge in [-0.25, -0.2) is 8.42 Å². The van der Waals surface area contributed by atoms with Crippen molar-refractivity contribution in [1.29, 1.82) is 0 Å². The van der Waals surface area contributed by atoms with Crippen LogP contribution in [-0.2, 0) is 45.4 Å². The van der Waals surface area contributed by atoms with Crippen molar-refractivity contribution in [1.82, 2.24) is 9.29 Å². The molecule has 0 aliphatic carbocycles. The second kappa shape index (κ2) is 10.7. The zero-order chi connectivity index (χ0) is 23.1. The summed E-state index contributed by atoms with van der Waals surface area (Å²) >= 11 is 0. The molecule has 0 bridgehead atoms. The van der Waals surface area contributed by atoms with Gasteiger partial charge in [-0.15, -0.1) is 0 Å². The molecule has 1 aromatic heterocycles. The van der Waals surface area contributed by atoms with E-state index in [2.05, 4.69) is 4.98 Å². The summed E-state index contributed by atoms with van der Waals surface area (Å²) in [5, 5.41) is 0. The topological polar surface area (TPSA) is 76.6 Å². The molecule has 0 saturated heterocycles. The Hall–Kier alpha value is -3.03. The fraction of sp³-hybridized carbons (Fsp3) is 0.308. The highest BCUT2D eigenvalue weighted by Crippen LogP contribution is 2.27. The number of aromatic nitrogens is 1. The van der Waals surface area contributed by atoms with Gasteiger partial charge in [-0.2, -0.15) is 4.31 Å². The number of sulfonamides is 1. The van der Waals surface area contributed by atoms with Gasteiger partial charge in [0, 0.05) is 25.4 Å². The SMILES string of the molecule is O=C(OCCCc1cccnc1)C1Cc2ccccc2CN1S(=O)(=O)CCc1ccccc1. The zero-order valence-corrected chi connectivity index (χ0v) is 19.3. The normalized spacial score (nSPS) is 16.2. The van der Waals surface area contributed by atoms with E-state index in [9.17, 15) is 13.2 Å². The maximum Gasteiger partial charge on any atom is 0.324 e. The average Bonchev–Trinajstić information content (AvgIpc) is 2.86. The molecule has 33 heavy (non-hydrogen) atoms. The van der Waals surface area contributed by atoms with E-state index in [1.54, 1.807) is 12.4 Å². The Labute approximate surface area is 195 Å². The van der Waals surface area contributed by atoms with E-state index in [4.69, 9.17) is 4.74 Å². The van der Waals surface area contributed by atoms with E-state index >= 15 is 0 Å². The van der Waals surface area contributed by atoms with Crippen molar-refractivity contribution >= 4 is 16.0 Å². The number of rotatable bonds is 9. The molecule has 4 rings (SSSR count). The molecule has 0 saturated carbocycles. The Morgan fingerprint density at radius 1 is 0.939 bits per heavy atom. The van der Waals surface area contributed by atoms with Crippen LogP contribution in [0, 0.1) is 0 Å². The molecule has 3 aromatic rings. The first kappa shape index (κ1) is 23.1. The molecule has 1 aliphatic rings. The quantitative estimate of drug-likeness (QED) is 0.358. The van der Waals surface area contributed by atoms with Crippen LogP contribution in [0.5, 0.6) is 0 Å². The summed E-state index contributed by atoms with van der Waals surface area (Å²) in [6.07, 6.45) is 5.63. The standard InChI is InChI=1S/C26H28N2O4S/c29-26(32-16-7-11-22-10-6-15-27-19-22)25-18-23-12-4-5-13-24(23)20-28(25)33(30,31)17-14-21-8-2-1-3-9-21/h1-6,8-10,12-13,15,19,25H,7,11,14,16-18,20H2. The van der Waals surface area contributed by atoms with Crippen LogP contribution in [0.3, 0.4) is 0 Å². The van der Waals surface area contributed by atoms with Crippen LogP contribution < -0.4 is 0 Å². The van der Waals surface area contributed by atoms with Crippen molar-refractivity contribution < 1.29 is 17.9 Å². The summed E-state index contributed by atoms with van der Waals surface area (Å²) in [4.78, 5) is 17.1. The van der Waals surface area contributed by atoms with E-state index in [0.717, 1.165) is 28.7 Å². The molecular weight excluding hydrogens is 436 g/mol. The summed E-state index contributed by atoms with van der Waals surface area (Å²) in [6.45, 7) is 0.423. The van der Waals surface area contributed by atoms with E-state index in [0.29, 0.717) is 19.3 Å². The molecule has 0 radical (unpaired) electrons. The van der Waals surface area contributed by atoms with Gasteiger partial charge in [0.2, 0.25) is 10.0 Å². The fourth-order valence-corrected chi connectivity index (χ4v) is 5.70. The van der Waals surface area contributed by atoms with Gasteiger partial charge < -0.3 is 4.74 Å². The summed E-state index contributed by atoms with van der Waals surface area (Å²) in [7, 11) is -3.67. The number of nitrogens with zero attached hydrogens (tertiary/aromatic N) is 2. The second-order valence-corrected chi connectivity index (χ2v) is 10.3. The molecule has 6 nitrogen and oxygen atoms in total. The molecule has 0 amide bonds. The van der Waals surface area contributed by atoms with Gasteiger partial charge in [-0.1, -0.05) is 60.7 Å². The molecular formula is C26H28N2O4S. The van der Waals surface area contributed by atoms with Crippen molar-refractivity contribution in [3.05, 3.63) is 101 Å². The first-order valence-corrected chi connectivity index (χ1v) is 12.8. The smallest absolute Gasteiger partial charge is 0.324 e. The number of aryl methyl sites for hydroxylation is 2. The van der Waals surface area contributed by atoms with Crippen LogP contribution in [0.4, 0.5) is 0 Å². The maximum absolute atomic E-state index is 13.3. The number of fused-ring (bicyclic) bond motifs is 1. The van der Waals surface area contributed by atoms with Crippen molar-refractivity contribution in [3.8, 4) is 0 Å². The van der Waals surface area contributed by atoms with Gasteiger partial charge in [0.05, 0.1) is 12.4 Å². The van der Waals surface area contributed by atoms with Gasteiger partial charge in [-0.05, 0) is 47.6 Å². The Balaban J connectivity index is 1.44. The summed E-state index contributed by atoms with van der Waals surface area (Å²) in [6, 6.07) is 20.2. The lowest BCUT2D eigenvalue weighted by Crippen LogP contribution is -2.50. The molecule has 0 spiro atoms. The fourth-order valence-electron chi connectivity index (χ4n) is 4.09. The minimum atomic E-state index is -3.67. The van der Waals surface area contributed by atoms with Gasteiger partial charge in [0.25, 0.3) is 0 Å². The zero-order valence-electron chi connectivity index (χ0n) is 18.5.